The van der Waals surface area contributed by atoms with Crippen LogP contribution >= 0.6 is 0 Å². The maximum Gasteiger partial charge on any atom is 0.129 e. The minimum atomic E-state index is -0.507. The van der Waals surface area contributed by atoms with Crippen LogP contribution in [0.5, 0.6) is 17.2 Å². The van der Waals surface area contributed by atoms with Crippen molar-refractivity contribution in [3.8, 4) is 17.2 Å². The van der Waals surface area contributed by atoms with Crippen molar-refractivity contribution in [2.75, 3.05) is 34.4 Å². The van der Waals surface area contributed by atoms with Gasteiger partial charge in [0.2, 0.25) is 0 Å². The van der Waals surface area contributed by atoms with Crippen LogP contribution in [0.15, 0.2) is 12.1 Å². The summed E-state index contributed by atoms with van der Waals surface area (Å²) in [6.07, 6.45) is 0.278. The van der Waals surface area contributed by atoms with E-state index in [2.05, 4.69) is 4.90 Å². The topological polar surface area (TPSA) is 62.2 Å². The van der Waals surface area contributed by atoms with E-state index in [1.165, 1.54) is 7.11 Å². The van der Waals surface area contributed by atoms with Crippen LogP contribution in [0.3, 0.4) is 0 Å². The molecule has 19 heavy (non-hydrogen) atoms. The van der Waals surface area contributed by atoms with Gasteiger partial charge in [-0.1, -0.05) is 0 Å². The largest absolute Gasteiger partial charge is 0.507 e. The highest BCUT2D eigenvalue weighted by Crippen LogP contribution is 2.42. The summed E-state index contributed by atoms with van der Waals surface area (Å²) in [5.41, 5.74) is 0.670. The van der Waals surface area contributed by atoms with Gasteiger partial charge in [-0.15, -0.1) is 0 Å². The van der Waals surface area contributed by atoms with Gasteiger partial charge in [0.15, 0.2) is 0 Å². The van der Waals surface area contributed by atoms with Gasteiger partial charge in [-0.05, 0) is 20.0 Å². The Morgan fingerprint density at radius 1 is 1.26 bits per heavy atom. The van der Waals surface area contributed by atoms with Crippen molar-refractivity contribution in [3.05, 3.63) is 17.7 Å². The zero-order chi connectivity index (χ0) is 14.0. The second-order valence-corrected chi connectivity index (χ2v) is 4.99. The highest BCUT2D eigenvalue weighted by molar-refractivity contribution is 5.52. The fourth-order valence-corrected chi connectivity index (χ4v) is 2.67. The first-order chi connectivity index (χ1) is 9.06. The van der Waals surface area contributed by atoms with E-state index in [9.17, 15) is 10.2 Å². The van der Waals surface area contributed by atoms with E-state index in [1.54, 1.807) is 19.2 Å². The second-order valence-electron chi connectivity index (χ2n) is 4.99. The van der Waals surface area contributed by atoms with Crippen LogP contribution in [0.2, 0.25) is 0 Å². The Balaban J connectivity index is 2.38. The first-order valence-electron chi connectivity index (χ1n) is 6.38. The average molecular weight is 267 g/mol. The average Bonchev–Trinajstić information content (AvgIpc) is 2.39. The number of likely N-dealkylation sites (tertiary alicyclic amines) is 1. The van der Waals surface area contributed by atoms with Crippen molar-refractivity contribution in [1.82, 2.24) is 4.90 Å². The van der Waals surface area contributed by atoms with Crippen molar-refractivity contribution in [2.45, 2.75) is 18.4 Å². The summed E-state index contributed by atoms with van der Waals surface area (Å²) in [6, 6.07) is 3.29. The van der Waals surface area contributed by atoms with E-state index >= 15 is 0 Å². The first kappa shape index (κ1) is 14.0. The number of benzene rings is 1. The Morgan fingerprint density at radius 3 is 2.58 bits per heavy atom. The van der Waals surface area contributed by atoms with Gasteiger partial charge in [0.1, 0.15) is 17.2 Å². The Bertz CT molecular complexity index is 449. The highest BCUT2D eigenvalue weighted by Gasteiger charge is 2.31. The smallest absolute Gasteiger partial charge is 0.129 e. The molecule has 1 aliphatic heterocycles. The molecule has 0 unspecified atom stereocenters. The van der Waals surface area contributed by atoms with Crippen LogP contribution in [-0.4, -0.2) is 55.6 Å². The third-order valence-corrected chi connectivity index (χ3v) is 3.71. The van der Waals surface area contributed by atoms with Gasteiger partial charge in [-0.3, -0.25) is 0 Å². The van der Waals surface area contributed by atoms with Crippen molar-refractivity contribution >= 4 is 0 Å². The molecule has 5 heteroatoms. The monoisotopic (exact) mass is 267 g/mol. The Kier molecular flexibility index (Phi) is 4.17. The molecule has 106 valence electrons. The molecule has 1 saturated heterocycles. The third-order valence-electron chi connectivity index (χ3n) is 3.71. The number of aliphatic hydroxyl groups is 1. The number of phenolic OH excluding ortho intramolecular Hbond substituents is 1. The normalized spacial score (nSPS) is 24.2. The number of hydrogen-bond donors (Lipinski definition) is 2. The predicted octanol–water partition coefficient (Wildman–Crippen LogP) is 1.19. The molecule has 1 heterocycles. The zero-order valence-corrected chi connectivity index (χ0v) is 11.6. The molecule has 0 bridgehead atoms. The van der Waals surface area contributed by atoms with E-state index in [4.69, 9.17) is 9.47 Å². The van der Waals surface area contributed by atoms with Gasteiger partial charge in [-0.2, -0.15) is 0 Å². The molecule has 1 fully saturated rings. The van der Waals surface area contributed by atoms with E-state index in [0.29, 0.717) is 23.6 Å². The maximum atomic E-state index is 10.2. The number of hydrogen-bond acceptors (Lipinski definition) is 5. The van der Waals surface area contributed by atoms with E-state index in [-0.39, 0.29) is 11.7 Å². The molecule has 0 amide bonds. The molecular formula is C14H21NO4. The summed E-state index contributed by atoms with van der Waals surface area (Å²) >= 11 is 0. The summed E-state index contributed by atoms with van der Waals surface area (Å²) < 4.78 is 10.4. The SMILES string of the molecule is COc1cc(O)c([C@H]2CCN(C)C[C@@H]2O)c(OC)c1. The molecular weight excluding hydrogens is 246 g/mol. The van der Waals surface area contributed by atoms with Crippen LogP contribution in [-0.2, 0) is 0 Å². The lowest BCUT2D eigenvalue weighted by Gasteiger charge is -2.34. The fraction of sp³-hybridized carbons (Fsp3) is 0.571. The summed E-state index contributed by atoms with van der Waals surface area (Å²) in [5, 5.41) is 20.4. The molecule has 2 N–H and O–H groups in total. The Hall–Kier alpha value is -1.46. The van der Waals surface area contributed by atoms with Crippen molar-refractivity contribution < 1.29 is 19.7 Å². The molecule has 5 nitrogen and oxygen atoms in total. The number of ether oxygens (including phenoxy) is 2. The van der Waals surface area contributed by atoms with Crippen molar-refractivity contribution in [3.63, 3.8) is 0 Å². The number of piperidine rings is 1. The molecule has 1 aliphatic rings. The first-order valence-corrected chi connectivity index (χ1v) is 6.38. The van der Waals surface area contributed by atoms with Crippen LogP contribution in [0.4, 0.5) is 0 Å². The second kappa shape index (κ2) is 5.67. The van der Waals surface area contributed by atoms with Gasteiger partial charge >= 0.3 is 0 Å². The number of phenols is 1. The van der Waals surface area contributed by atoms with Crippen molar-refractivity contribution in [1.29, 1.82) is 0 Å². The fourth-order valence-electron chi connectivity index (χ4n) is 2.67. The van der Waals surface area contributed by atoms with Crippen LogP contribution in [0.25, 0.3) is 0 Å². The van der Waals surface area contributed by atoms with Crippen LogP contribution in [0, 0.1) is 0 Å². The molecule has 0 aliphatic carbocycles. The third kappa shape index (κ3) is 2.77. The number of likely N-dealkylation sites (N-methyl/N-ethyl adjacent to an activating group) is 1. The summed E-state index contributed by atoms with van der Waals surface area (Å²) in [5.74, 6) is 1.10. The minimum absolute atomic E-state index is 0.114. The van der Waals surface area contributed by atoms with E-state index in [1.807, 2.05) is 7.05 Å². The lowest BCUT2D eigenvalue weighted by molar-refractivity contribution is 0.0620. The summed E-state index contributed by atoms with van der Waals surface area (Å²) in [6.45, 7) is 1.48. The lowest BCUT2D eigenvalue weighted by atomic mass is 9.86. The van der Waals surface area contributed by atoms with Gasteiger partial charge in [0.05, 0.1) is 20.3 Å². The number of aromatic hydroxyl groups is 1. The molecule has 0 radical (unpaired) electrons. The number of β-amino-alcohol motifs (C(OH)–C–C–N with tert-alkyl or cyclic N) is 1. The number of aliphatic hydroxyl groups excluding tert-OH is 1. The molecule has 1 aromatic carbocycles. The van der Waals surface area contributed by atoms with Gasteiger partial charge in [-0.25, -0.2) is 0 Å². The molecule has 0 saturated carbocycles. The Morgan fingerprint density at radius 2 is 2.00 bits per heavy atom. The number of rotatable bonds is 3. The number of nitrogens with zero attached hydrogens (tertiary/aromatic N) is 1. The van der Waals surface area contributed by atoms with Gasteiger partial charge < -0.3 is 24.6 Å². The standard InChI is InChI=1S/C14H21NO4/c1-15-5-4-10(12(17)8-15)14-11(16)6-9(18-2)7-13(14)19-3/h6-7,10,12,16-17H,4-5,8H2,1-3H3/t10-,12-/m0/s1. The Labute approximate surface area is 113 Å². The quantitative estimate of drug-likeness (QED) is 0.861. The molecule has 2 rings (SSSR count). The predicted molar refractivity (Wildman–Crippen MR) is 72.1 cm³/mol. The van der Waals surface area contributed by atoms with Gasteiger partial charge in [0, 0.05) is 30.2 Å². The van der Waals surface area contributed by atoms with E-state index in [0.717, 1.165) is 13.0 Å². The van der Waals surface area contributed by atoms with E-state index < -0.39 is 6.10 Å². The summed E-state index contributed by atoms with van der Waals surface area (Å²) in [4.78, 5) is 2.08. The maximum absolute atomic E-state index is 10.2. The highest BCUT2D eigenvalue weighted by atomic mass is 16.5. The van der Waals surface area contributed by atoms with Gasteiger partial charge in [0.25, 0.3) is 0 Å². The minimum Gasteiger partial charge on any atom is -0.507 e. The van der Waals surface area contributed by atoms with Crippen molar-refractivity contribution in [2.24, 2.45) is 0 Å². The van der Waals surface area contributed by atoms with Crippen LogP contribution < -0.4 is 9.47 Å². The molecule has 0 aromatic heterocycles. The zero-order valence-electron chi connectivity index (χ0n) is 11.6. The summed E-state index contributed by atoms with van der Waals surface area (Å²) in [7, 11) is 5.07. The molecule has 1 aromatic rings. The molecule has 2 atom stereocenters. The molecule has 0 spiro atoms. The number of methoxy groups -OCH3 is 2. The van der Waals surface area contributed by atoms with Crippen LogP contribution in [0.1, 0.15) is 17.9 Å². The lowest BCUT2D eigenvalue weighted by Crippen LogP contribution is -2.40.